The SMILES string of the molecule is FC(F)(F)c1ccc(P(O[C@@H]2CCCC[C@H]2OP(c2ccc(C(F)(F)F)cc2)c2ccc(C(F)(F)F)cc2)c2ccc(C(F)(F)F)cc2)cc1. The second kappa shape index (κ2) is 14.8. The Bertz CT molecular complexity index is 1460. The predicted molar refractivity (Wildman–Crippen MR) is 166 cm³/mol. The van der Waals surface area contributed by atoms with Gasteiger partial charge in [-0.25, -0.2) is 0 Å². The van der Waals surface area contributed by atoms with Gasteiger partial charge >= 0.3 is 24.7 Å². The molecule has 2 nitrogen and oxygen atoms in total. The van der Waals surface area contributed by atoms with Crippen LogP contribution in [0.25, 0.3) is 0 Å². The molecule has 0 heterocycles. The number of rotatable bonds is 8. The molecular weight excluding hydrogens is 730 g/mol. The summed E-state index contributed by atoms with van der Waals surface area (Å²) in [4.78, 5) is 0. The molecule has 0 aromatic heterocycles. The lowest BCUT2D eigenvalue weighted by molar-refractivity contribution is -0.138. The van der Waals surface area contributed by atoms with E-state index in [0.717, 1.165) is 48.5 Å². The zero-order valence-corrected chi connectivity index (χ0v) is 27.3. The summed E-state index contributed by atoms with van der Waals surface area (Å²) in [7, 11) is -4.05. The van der Waals surface area contributed by atoms with Crippen molar-refractivity contribution >= 4 is 37.5 Å². The second-order valence-electron chi connectivity index (χ2n) is 11.3. The molecule has 0 unspecified atom stereocenters. The third-order valence-electron chi connectivity index (χ3n) is 7.84. The van der Waals surface area contributed by atoms with Crippen LogP contribution in [0.15, 0.2) is 97.1 Å². The number of hydrogen-bond donors (Lipinski definition) is 0. The van der Waals surface area contributed by atoms with Gasteiger partial charge in [-0.2, -0.15) is 52.7 Å². The van der Waals surface area contributed by atoms with Gasteiger partial charge in [-0.1, -0.05) is 61.4 Å². The van der Waals surface area contributed by atoms with Gasteiger partial charge in [0.15, 0.2) is 0 Å². The van der Waals surface area contributed by atoms with E-state index in [4.69, 9.17) is 9.05 Å². The molecule has 1 saturated carbocycles. The number of alkyl halides is 12. The normalized spacial score (nSPS) is 17.8. The summed E-state index contributed by atoms with van der Waals surface area (Å²) in [5, 5.41) is 1.07. The van der Waals surface area contributed by atoms with Gasteiger partial charge in [-0.15, -0.1) is 0 Å². The first-order valence-electron chi connectivity index (χ1n) is 14.9. The molecule has 268 valence electrons. The average Bonchev–Trinajstić information content (AvgIpc) is 3.05. The predicted octanol–water partition coefficient (Wildman–Crippen LogP) is 10.5. The van der Waals surface area contributed by atoms with E-state index in [2.05, 4.69) is 0 Å². The highest BCUT2D eigenvalue weighted by molar-refractivity contribution is 7.69. The van der Waals surface area contributed by atoms with E-state index in [-0.39, 0.29) is 21.2 Å². The van der Waals surface area contributed by atoms with Crippen molar-refractivity contribution in [2.75, 3.05) is 0 Å². The fraction of sp³-hybridized carbons (Fsp3) is 0.294. The van der Waals surface area contributed by atoms with Crippen molar-refractivity contribution in [3.8, 4) is 0 Å². The lowest BCUT2D eigenvalue weighted by Crippen LogP contribution is -2.36. The molecule has 4 aromatic carbocycles. The summed E-state index contributed by atoms with van der Waals surface area (Å²) in [6, 6.07) is 16.1. The van der Waals surface area contributed by atoms with E-state index in [1.165, 1.54) is 48.5 Å². The van der Waals surface area contributed by atoms with Crippen molar-refractivity contribution in [2.45, 2.75) is 62.6 Å². The van der Waals surface area contributed by atoms with Crippen LogP contribution in [0.4, 0.5) is 52.7 Å². The third-order valence-corrected chi connectivity index (χ3v) is 11.9. The van der Waals surface area contributed by atoms with E-state index in [0.29, 0.717) is 25.7 Å². The van der Waals surface area contributed by atoms with E-state index in [9.17, 15) is 52.7 Å². The van der Waals surface area contributed by atoms with E-state index < -0.39 is 75.5 Å². The van der Waals surface area contributed by atoms with Gasteiger partial charge in [0.2, 0.25) is 0 Å². The summed E-state index contributed by atoms with van der Waals surface area (Å²) in [6.07, 6.45) is -18.2. The van der Waals surface area contributed by atoms with Gasteiger partial charge < -0.3 is 9.05 Å². The highest BCUT2D eigenvalue weighted by Gasteiger charge is 2.37. The van der Waals surface area contributed by atoms with Crippen LogP contribution in [0.3, 0.4) is 0 Å². The Hall–Kier alpha value is -3.18. The summed E-state index contributed by atoms with van der Waals surface area (Å²) < 4.78 is 173. The van der Waals surface area contributed by atoms with E-state index in [1.54, 1.807) is 0 Å². The third kappa shape index (κ3) is 9.37. The summed E-state index contributed by atoms with van der Waals surface area (Å²) in [6.45, 7) is 0. The van der Waals surface area contributed by atoms with Crippen molar-refractivity contribution in [1.29, 1.82) is 0 Å². The van der Waals surface area contributed by atoms with Crippen molar-refractivity contribution in [3.05, 3.63) is 119 Å². The topological polar surface area (TPSA) is 18.5 Å². The van der Waals surface area contributed by atoms with Gasteiger partial charge in [0.1, 0.15) is 0 Å². The number of benzene rings is 4. The molecule has 2 atom stereocenters. The van der Waals surface area contributed by atoms with E-state index in [1.807, 2.05) is 0 Å². The number of hydrogen-bond acceptors (Lipinski definition) is 2. The monoisotopic (exact) mass is 756 g/mol. The van der Waals surface area contributed by atoms with Crippen molar-refractivity contribution in [1.82, 2.24) is 0 Å². The van der Waals surface area contributed by atoms with Crippen LogP contribution in [-0.4, -0.2) is 12.2 Å². The van der Waals surface area contributed by atoms with Gasteiger partial charge in [-0.3, -0.25) is 0 Å². The van der Waals surface area contributed by atoms with Gasteiger partial charge in [-0.05, 0) is 61.4 Å². The Morgan fingerprint density at radius 3 is 0.740 bits per heavy atom. The largest absolute Gasteiger partial charge is 0.416 e. The average molecular weight is 757 g/mol. The molecule has 1 fully saturated rings. The fourth-order valence-electron chi connectivity index (χ4n) is 5.26. The van der Waals surface area contributed by atoms with Crippen LogP contribution in [-0.2, 0) is 33.8 Å². The molecule has 1 aliphatic carbocycles. The van der Waals surface area contributed by atoms with Crippen LogP contribution >= 0.6 is 16.3 Å². The minimum Gasteiger partial charge on any atom is -0.344 e. The smallest absolute Gasteiger partial charge is 0.344 e. The zero-order valence-electron chi connectivity index (χ0n) is 25.5. The standard InChI is InChI=1S/C34H26F12O2P2/c35-31(36,37)21-5-13-25(14-6-21)49(26-15-7-22(8-16-26)32(38,39)40)47-29-3-1-2-4-30(29)48-50(27-17-9-23(10-18-27)33(41,42)43)28-19-11-24(12-20-28)34(44,45)46/h5-20,29-30H,1-4H2/t29-,30-/m1/s1. The van der Waals surface area contributed by atoms with Crippen LogP contribution in [0, 0.1) is 0 Å². The highest BCUT2D eigenvalue weighted by atomic mass is 31.1. The lowest BCUT2D eigenvalue weighted by atomic mass is 9.95. The maximum atomic E-state index is 13.3. The maximum absolute atomic E-state index is 13.3. The quantitative estimate of drug-likeness (QED) is 0.132. The van der Waals surface area contributed by atoms with E-state index >= 15 is 0 Å². The number of halogens is 12. The first kappa shape index (κ1) is 38.1. The Balaban J connectivity index is 1.50. The molecule has 0 bridgehead atoms. The van der Waals surface area contributed by atoms with Gasteiger partial charge in [0.05, 0.1) is 50.8 Å². The van der Waals surface area contributed by atoms with Crippen molar-refractivity contribution in [2.24, 2.45) is 0 Å². The molecule has 0 N–H and O–H groups in total. The van der Waals surface area contributed by atoms with Gasteiger partial charge in [0, 0.05) is 21.2 Å². The highest BCUT2D eigenvalue weighted by Crippen LogP contribution is 2.46. The Labute approximate surface area is 281 Å². The summed E-state index contributed by atoms with van der Waals surface area (Å²) in [5.74, 6) is 0. The molecule has 1 aliphatic rings. The molecule has 16 heteroatoms. The van der Waals surface area contributed by atoms with Crippen LogP contribution in [0.5, 0.6) is 0 Å². The Morgan fingerprint density at radius 1 is 0.360 bits per heavy atom. The molecule has 5 rings (SSSR count). The van der Waals surface area contributed by atoms with Crippen LogP contribution in [0.1, 0.15) is 47.9 Å². The molecule has 0 aliphatic heterocycles. The van der Waals surface area contributed by atoms with Crippen molar-refractivity contribution < 1.29 is 61.7 Å². The lowest BCUT2D eigenvalue weighted by Gasteiger charge is -2.36. The van der Waals surface area contributed by atoms with Crippen LogP contribution in [0.2, 0.25) is 0 Å². The Kier molecular flexibility index (Phi) is 11.3. The summed E-state index contributed by atoms with van der Waals surface area (Å²) >= 11 is 0. The minimum atomic E-state index is -4.65. The Morgan fingerprint density at radius 2 is 0.560 bits per heavy atom. The molecule has 0 saturated heterocycles. The molecule has 0 spiro atoms. The first-order chi connectivity index (χ1) is 23.3. The fourth-order valence-corrected chi connectivity index (χ4v) is 9.05. The molecular formula is C34H26F12O2P2. The summed E-state index contributed by atoms with van der Waals surface area (Å²) in [5.41, 5.74) is -3.77. The second-order valence-corrected chi connectivity index (χ2v) is 15.0. The van der Waals surface area contributed by atoms with Gasteiger partial charge in [0.25, 0.3) is 0 Å². The zero-order chi connectivity index (χ0) is 36.5. The molecule has 0 radical (unpaired) electrons. The van der Waals surface area contributed by atoms with Crippen LogP contribution < -0.4 is 21.2 Å². The van der Waals surface area contributed by atoms with Crippen molar-refractivity contribution in [3.63, 3.8) is 0 Å². The maximum Gasteiger partial charge on any atom is 0.416 e. The first-order valence-corrected chi connectivity index (χ1v) is 17.5. The minimum absolute atomic E-state index is 0.268. The molecule has 0 amide bonds. The molecule has 50 heavy (non-hydrogen) atoms. The molecule has 4 aromatic rings.